The Morgan fingerprint density at radius 3 is 2.36 bits per heavy atom. The molecule has 1 aliphatic heterocycles. The summed E-state index contributed by atoms with van der Waals surface area (Å²) >= 11 is 0. The van der Waals surface area contributed by atoms with Crippen LogP contribution in [-0.2, 0) is 16.6 Å². The zero-order chi connectivity index (χ0) is 19.7. The fourth-order valence-corrected chi connectivity index (χ4v) is 4.80. The Morgan fingerprint density at radius 2 is 1.61 bits per heavy atom. The van der Waals surface area contributed by atoms with Gasteiger partial charge in [0.1, 0.15) is 10.6 Å². The van der Waals surface area contributed by atoms with Crippen LogP contribution in [0.1, 0.15) is 5.56 Å². The molecular formula is C21H18N2O4S. The molecule has 1 aliphatic rings. The van der Waals surface area contributed by atoms with Crippen LogP contribution in [0.25, 0.3) is 0 Å². The first-order valence-electron chi connectivity index (χ1n) is 8.66. The van der Waals surface area contributed by atoms with Crippen LogP contribution in [0, 0.1) is 0 Å². The van der Waals surface area contributed by atoms with Gasteiger partial charge in [-0.15, -0.1) is 0 Å². The van der Waals surface area contributed by atoms with Gasteiger partial charge < -0.3 is 4.74 Å². The number of methoxy groups -OCH3 is 1. The second-order valence-electron chi connectivity index (χ2n) is 6.29. The molecule has 7 heteroatoms. The maximum Gasteiger partial charge on any atom is 0.343 e. The number of para-hydroxylation sites is 1. The zero-order valence-electron chi connectivity index (χ0n) is 15.1. The van der Waals surface area contributed by atoms with Crippen LogP contribution < -0.4 is 13.9 Å². The number of hydrogen-bond acceptors (Lipinski definition) is 4. The number of benzene rings is 3. The summed E-state index contributed by atoms with van der Waals surface area (Å²) in [4.78, 5) is 14.9. The third-order valence-electron chi connectivity index (χ3n) is 4.55. The molecule has 0 bridgehead atoms. The maximum atomic E-state index is 13.3. The van der Waals surface area contributed by atoms with Gasteiger partial charge in [0.15, 0.2) is 0 Å². The first-order chi connectivity index (χ1) is 13.5. The maximum absolute atomic E-state index is 13.3. The molecule has 1 heterocycles. The van der Waals surface area contributed by atoms with Crippen molar-refractivity contribution < 1.29 is 17.9 Å². The van der Waals surface area contributed by atoms with Gasteiger partial charge in [-0.25, -0.2) is 13.2 Å². The normalized spacial score (nSPS) is 15.2. The topological polar surface area (TPSA) is 66.9 Å². The van der Waals surface area contributed by atoms with E-state index in [1.165, 1.54) is 24.1 Å². The van der Waals surface area contributed by atoms with Crippen LogP contribution in [0.5, 0.6) is 5.75 Å². The Morgan fingerprint density at radius 1 is 0.893 bits per heavy atom. The van der Waals surface area contributed by atoms with Crippen LogP contribution in [0.15, 0.2) is 83.8 Å². The Bertz CT molecular complexity index is 1130. The van der Waals surface area contributed by atoms with Gasteiger partial charge in [-0.2, -0.15) is 4.31 Å². The number of amides is 2. The molecule has 0 aromatic heterocycles. The first-order valence-corrected chi connectivity index (χ1v) is 10.1. The average Bonchev–Trinajstić information content (AvgIpc) is 2.72. The molecule has 0 N–H and O–H groups in total. The molecule has 4 rings (SSSR count). The van der Waals surface area contributed by atoms with E-state index in [0.717, 1.165) is 9.87 Å². The number of sulfonamides is 1. The zero-order valence-corrected chi connectivity index (χ0v) is 16.0. The van der Waals surface area contributed by atoms with Gasteiger partial charge in [0.2, 0.25) is 0 Å². The quantitative estimate of drug-likeness (QED) is 0.670. The summed E-state index contributed by atoms with van der Waals surface area (Å²) in [5, 5.41) is 0. The number of fused-ring (bicyclic) bond motifs is 1. The van der Waals surface area contributed by atoms with Crippen LogP contribution in [-0.4, -0.2) is 21.6 Å². The minimum atomic E-state index is -4.05. The van der Waals surface area contributed by atoms with E-state index in [4.69, 9.17) is 4.74 Å². The van der Waals surface area contributed by atoms with Crippen molar-refractivity contribution in [3.05, 3.63) is 84.4 Å². The minimum Gasteiger partial charge on any atom is -0.497 e. The second-order valence-corrected chi connectivity index (χ2v) is 8.05. The van der Waals surface area contributed by atoms with Crippen LogP contribution in [0.4, 0.5) is 16.2 Å². The average molecular weight is 394 g/mol. The number of ether oxygens (including phenoxy) is 1. The van der Waals surface area contributed by atoms with Crippen molar-refractivity contribution in [2.24, 2.45) is 0 Å². The van der Waals surface area contributed by atoms with Gasteiger partial charge in [0.25, 0.3) is 10.0 Å². The standard InChI is InChI=1S/C21H18N2O4S/c1-27-18-11-7-10-17(14-18)23-21(24)22(15-16-8-3-2-4-9-16)19-12-5-6-13-20(19)28(23,25)26/h2-14H,15H2,1H3. The van der Waals surface area contributed by atoms with Crippen molar-refractivity contribution in [1.29, 1.82) is 0 Å². The molecule has 28 heavy (non-hydrogen) atoms. The molecule has 0 radical (unpaired) electrons. The van der Waals surface area contributed by atoms with Crippen molar-refractivity contribution in [1.82, 2.24) is 0 Å². The van der Waals surface area contributed by atoms with E-state index in [1.54, 1.807) is 36.4 Å². The number of rotatable bonds is 4. The third kappa shape index (κ3) is 2.99. The number of urea groups is 1. The summed E-state index contributed by atoms with van der Waals surface area (Å²) in [5.41, 5.74) is 1.50. The molecule has 3 aromatic rings. The predicted molar refractivity (Wildman–Crippen MR) is 107 cm³/mol. The first kappa shape index (κ1) is 18.1. The van der Waals surface area contributed by atoms with Gasteiger partial charge >= 0.3 is 6.03 Å². The number of anilines is 2. The lowest BCUT2D eigenvalue weighted by Gasteiger charge is -2.36. The third-order valence-corrected chi connectivity index (χ3v) is 6.30. The van der Waals surface area contributed by atoms with Gasteiger partial charge in [0, 0.05) is 6.07 Å². The van der Waals surface area contributed by atoms with E-state index in [1.807, 2.05) is 30.3 Å². The second kappa shape index (κ2) is 7.01. The molecule has 0 saturated heterocycles. The highest BCUT2D eigenvalue weighted by Crippen LogP contribution is 2.38. The van der Waals surface area contributed by atoms with Gasteiger partial charge in [0.05, 0.1) is 25.0 Å². The smallest absolute Gasteiger partial charge is 0.343 e. The van der Waals surface area contributed by atoms with E-state index < -0.39 is 16.1 Å². The number of carbonyl (C=O) groups is 1. The van der Waals surface area contributed by atoms with Crippen molar-refractivity contribution in [2.45, 2.75) is 11.4 Å². The Labute approximate surface area is 163 Å². The highest BCUT2D eigenvalue weighted by molar-refractivity contribution is 7.94. The Kier molecular flexibility index (Phi) is 4.52. The summed E-state index contributed by atoms with van der Waals surface area (Å²) in [7, 11) is -2.56. The lowest BCUT2D eigenvalue weighted by Crippen LogP contribution is -2.50. The van der Waals surface area contributed by atoms with Crippen LogP contribution in [0.3, 0.4) is 0 Å². The fourth-order valence-electron chi connectivity index (χ4n) is 3.22. The molecule has 0 unspecified atom stereocenters. The highest BCUT2D eigenvalue weighted by atomic mass is 32.2. The largest absolute Gasteiger partial charge is 0.497 e. The Balaban J connectivity index is 1.87. The molecule has 142 valence electrons. The molecule has 0 saturated carbocycles. The summed E-state index contributed by atoms with van der Waals surface area (Å²) in [6, 6.07) is 21.8. The summed E-state index contributed by atoms with van der Waals surface area (Å²) in [5.74, 6) is 0.467. The van der Waals surface area contributed by atoms with Crippen LogP contribution >= 0.6 is 0 Å². The van der Waals surface area contributed by atoms with E-state index in [-0.39, 0.29) is 17.1 Å². The molecular weight excluding hydrogens is 376 g/mol. The van der Waals surface area contributed by atoms with E-state index in [2.05, 4.69) is 0 Å². The van der Waals surface area contributed by atoms with Crippen molar-refractivity contribution >= 4 is 27.4 Å². The predicted octanol–water partition coefficient (Wildman–Crippen LogP) is 4.03. The molecule has 0 fully saturated rings. The molecule has 0 aliphatic carbocycles. The summed E-state index contributed by atoms with van der Waals surface area (Å²) < 4.78 is 32.5. The molecule has 0 atom stereocenters. The molecule has 2 amide bonds. The number of nitrogens with zero attached hydrogens (tertiary/aromatic N) is 2. The molecule has 0 spiro atoms. The van der Waals surface area contributed by atoms with Gasteiger partial charge in [-0.1, -0.05) is 48.5 Å². The summed E-state index contributed by atoms with van der Waals surface area (Å²) in [6.07, 6.45) is 0. The van der Waals surface area contributed by atoms with E-state index >= 15 is 0 Å². The molecule has 3 aromatic carbocycles. The fraction of sp³-hybridized carbons (Fsp3) is 0.0952. The van der Waals surface area contributed by atoms with E-state index in [9.17, 15) is 13.2 Å². The van der Waals surface area contributed by atoms with Crippen LogP contribution in [0.2, 0.25) is 0 Å². The van der Waals surface area contributed by atoms with Gasteiger partial charge in [-0.3, -0.25) is 4.90 Å². The lowest BCUT2D eigenvalue weighted by atomic mass is 10.2. The minimum absolute atomic E-state index is 0.0911. The highest BCUT2D eigenvalue weighted by Gasteiger charge is 2.42. The molecule has 6 nitrogen and oxygen atoms in total. The SMILES string of the molecule is COc1cccc(N2C(=O)N(Cc3ccccc3)c3ccccc3S2(=O)=O)c1. The number of carbonyl (C=O) groups excluding carboxylic acids is 1. The van der Waals surface area contributed by atoms with Crippen molar-refractivity contribution in [3.63, 3.8) is 0 Å². The lowest BCUT2D eigenvalue weighted by molar-refractivity contribution is 0.253. The van der Waals surface area contributed by atoms with Crippen molar-refractivity contribution in [3.8, 4) is 5.75 Å². The Hall–Kier alpha value is -3.32. The monoisotopic (exact) mass is 394 g/mol. The van der Waals surface area contributed by atoms with Crippen molar-refractivity contribution in [2.75, 3.05) is 16.3 Å². The number of hydrogen-bond donors (Lipinski definition) is 0. The van der Waals surface area contributed by atoms with E-state index in [0.29, 0.717) is 11.4 Å². The summed E-state index contributed by atoms with van der Waals surface area (Å²) in [6.45, 7) is 0.257. The van der Waals surface area contributed by atoms with Gasteiger partial charge in [-0.05, 0) is 29.8 Å².